The van der Waals surface area contributed by atoms with E-state index in [9.17, 15) is 0 Å². The zero-order valence-corrected chi connectivity index (χ0v) is 15.5. The summed E-state index contributed by atoms with van der Waals surface area (Å²) in [6.07, 6.45) is 0. The van der Waals surface area contributed by atoms with E-state index in [0.717, 1.165) is 34.2 Å². The van der Waals surface area contributed by atoms with Crippen LogP contribution in [0.25, 0.3) is 0 Å². The molecule has 3 aromatic rings. The minimum atomic E-state index is -0.0419. The number of rotatable bonds is 3. The van der Waals surface area contributed by atoms with Gasteiger partial charge in [-0.3, -0.25) is 15.0 Å². The van der Waals surface area contributed by atoms with Crippen LogP contribution >= 0.6 is 0 Å². The van der Waals surface area contributed by atoms with Crippen LogP contribution in [0.15, 0.2) is 54.6 Å². The van der Waals surface area contributed by atoms with Crippen molar-refractivity contribution < 1.29 is 4.74 Å². The van der Waals surface area contributed by atoms with Gasteiger partial charge in [0.15, 0.2) is 0 Å². The van der Waals surface area contributed by atoms with Crippen molar-refractivity contribution in [1.82, 2.24) is 15.0 Å². The maximum atomic E-state index is 4.71. The molecule has 0 fully saturated rings. The second kappa shape index (κ2) is 9.04. The summed E-state index contributed by atoms with van der Waals surface area (Å²) < 4.78 is 4.25. The van der Waals surface area contributed by atoms with Gasteiger partial charge in [-0.25, -0.2) is 0 Å². The van der Waals surface area contributed by atoms with E-state index in [2.05, 4.69) is 4.74 Å². The van der Waals surface area contributed by atoms with Gasteiger partial charge in [-0.1, -0.05) is 18.2 Å². The van der Waals surface area contributed by atoms with Crippen LogP contribution in [0.2, 0.25) is 0 Å². The van der Waals surface area contributed by atoms with Crippen molar-refractivity contribution in [3.8, 4) is 0 Å². The van der Waals surface area contributed by atoms with Crippen LogP contribution < -0.4 is 0 Å². The summed E-state index contributed by atoms with van der Waals surface area (Å²) in [6.45, 7) is 6.02. The molecule has 0 spiro atoms. The molecule has 0 bridgehead atoms. The molecule has 0 atom stereocenters. The third kappa shape index (κ3) is 5.19. The highest BCUT2D eigenvalue weighted by Gasteiger charge is 2.21. The van der Waals surface area contributed by atoms with E-state index in [0.29, 0.717) is 0 Å². The molecule has 0 aliphatic carbocycles. The molecule has 3 aromatic heterocycles. The van der Waals surface area contributed by atoms with Crippen LogP contribution in [0.4, 0.5) is 0 Å². The third-order valence-electron chi connectivity index (χ3n) is 3.62. The van der Waals surface area contributed by atoms with Gasteiger partial charge in [0.2, 0.25) is 0 Å². The van der Waals surface area contributed by atoms with Crippen molar-refractivity contribution in [1.29, 1.82) is 0 Å². The largest absolute Gasteiger partial charge is 0.388 e. The molecule has 4 nitrogen and oxygen atoms in total. The molecule has 4 heteroatoms. The molecule has 130 valence electrons. The van der Waals surface area contributed by atoms with Crippen LogP contribution in [0.1, 0.15) is 40.1 Å². The van der Waals surface area contributed by atoms with Crippen LogP contribution in [0.5, 0.6) is 0 Å². The lowest BCUT2D eigenvalue weighted by molar-refractivity contribution is 0.277. The summed E-state index contributed by atoms with van der Waals surface area (Å²) in [5, 5.41) is 0. The lowest BCUT2D eigenvalue weighted by Gasteiger charge is -2.17. The maximum absolute atomic E-state index is 4.71. The highest BCUT2D eigenvalue weighted by molar-refractivity contribution is 5.35. The molecule has 0 aliphatic rings. The number of pyridine rings is 3. The fraction of sp³-hybridized carbons (Fsp3) is 0.286. The summed E-state index contributed by atoms with van der Waals surface area (Å²) in [6, 6.07) is 18.3. The minimum Gasteiger partial charge on any atom is -0.388 e. The number of aryl methyl sites for hydroxylation is 3. The first kappa shape index (κ1) is 18.7. The SMILES string of the molecule is COC.Cc1cccc(C(c2cccc(C)n2)c2cccc(C)n2)n1. The normalized spacial score (nSPS) is 10.3. The van der Waals surface area contributed by atoms with Crippen LogP contribution in [-0.2, 0) is 4.74 Å². The van der Waals surface area contributed by atoms with Crippen molar-refractivity contribution >= 4 is 0 Å². The Hall–Kier alpha value is -2.59. The van der Waals surface area contributed by atoms with E-state index in [1.54, 1.807) is 14.2 Å². The van der Waals surface area contributed by atoms with Crippen LogP contribution in [-0.4, -0.2) is 29.2 Å². The van der Waals surface area contributed by atoms with Gasteiger partial charge >= 0.3 is 0 Å². The molecule has 0 saturated carbocycles. The summed E-state index contributed by atoms with van der Waals surface area (Å²) >= 11 is 0. The zero-order chi connectivity index (χ0) is 18.2. The average molecular weight is 335 g/mol. The van der Waals surface area contributed by atoms with Crippen LogP contribution in [0, 0.1) is 20.8 Å². The van der Waals surface area contributed by atoms with Crippen molar-refractivity contribution in [3.63, 3.8) is 0 Å². The molecule has 0 radical (unpaired) electrons. The number of ether oxygens (including phenoxy) is 1. The Labute approximate surface area is 150 Å². The Bertz CT molecular complexity index is 709. The standard InChI is InChI=1S/C19H19N3.C2H6O/c1-13-7-4-10-16(20-13)19(17-11-5-8-14(2)21-17)18-12-6-9-15(3)22-18;1-3-2/h4-12,19H,1-3H3;1-2H3. The highest BCUT2D eigenvalue weighted by Crippen LogP contribution is 2.28. The Balaban J connectivity index is 0.000000701. The van der Waals surface area contributed by atoms with Gasteiger partial charge < -0.3 is 4.74 Å². The molecular weight excluding hydrogens is 310 g/mol. The van der Waals surface area contributed by atoms with Gasteiger partial charge in [0, 0.05) is 31.3 Å². The van der Waals surface area contributed by atoms with Crippen LogP contribution in [0.3, 0.4) is 0 Å². The summed E-state index contributed by atoms with van der Waals surface area (Å²) in [5.41, 5.74) is 5.96. The first-order chi connectivity index (χ1) is 12.0. The predicted molar refractivity (Wildman–Crippen MR) is 101 cm³/mol. The molecule has 0 saturated heterocycles. The number of hydrogen-bond donors (Lipinski definition) is 0. The van der Waals surface area contributed by atoms with Crippen molar-refractivity contribution in [2.45, 2.75) is 26.7 Å². The van der Waals surface area contributed by atoms with E-state index in [1.165, 1.54) is 0 Å². The zero-order valence-electron chi connectivity index (χ0n) is 15.5. The minimum absolute atomic E-state index is 0.0419. The quantitative estimate of drug-likeness (QED) is 0.718. The molecule has 0 aromatic carbocycles. The molecular formula is C21H25N3O. The first-order valence-corrected chi connectivity index (χ1v) is 8.26. The Kier molecular flexibility index (Phi) is 6.78. The molecule has 3 rings (SSSR count). The van der Waals surface area contributed by atoms with E-state index < -0.39 is 0 Å². The van der Waals surface area contributed by atoms with E-state index in [1.807, 2.05) is 75.4 Å². The molecule has 3 heterocycles. The first-order valence-electron chi connectivity index (χ1n) is 8.26. The second-order valence-electron chi connectivity index (χ2n) is 5.95. The Morgan fingerprint density at radius 2 is 0.880 bits per heavy atom. The number of nitrogens with zero attached hydrogens (tertiary/aromatic N) is 3. The van der Waals surface area contributed by atoms with Crippen molar-refractivity contribution in [2.75, 3.05) is 14.2 Å². The molecule has 0 N–H and O–H groups in total. The Morgan fingerprint density at radius 1 is 0.600 bits per heavy atom. The lowest BCUT2D eigenvalue weighted by Crippen LogP contribution is -2.10. The maximum Gasteiger partial charge on any atom is 0.0858 e. The van der Waals surface area contributed by atoms with Crippen molar-refractivity contribution in [2.24, 2.45) is 0 Å². The van der Waals surface area contributed by atoms with Gasteiger partial charge in [-0.05, 0) is 57.2 Å². The van der Waals surface area contributed by atoms with Gasteiger partial charge in [0.1, 0.15) is 0 Å². The van der Waals surface area contributed by atoms with E-state index in [-0.39, 0.29) is 5.92 Å². The number of methoxy groups -OCH3 is 1. The molecule has 0 aliphatic heterocycles. The van der Waals surface area contributed by atoms with E-state index >= 15 is 0 Å². The van der Waals surface area contributed by atoms with E-state index in [4.69, 9.17) is 15.0 Å². The average Bonchev–Trinajstić information content (AvgIpc) is 2.56. The molecule has 0 amide bonds. The van der Waals surface area contributed by atoms with Gasteiger partial charge in [-0.2, -0.15) is 0 Å². The smallest absolute Gasteiger partial charge is 0.0858 e. The Morgan fingerprint density at radius 3 is 1.12 bits per heavy atom. The van der Waals surface area contributed by atoms with Crippen molar-refractivity contribution in [3.05, 3.63) is 88.8 Å². The number of hydrogen-bond acceptors (Lipinski definition) is 4. The summed E-state index contributed by atoms with van der Waals surface area (Å²) in [4.78, 5) is 14.1. The molecule has 0 unspecified atom stereocenters. The summed E-state index contributed by atoms with van der Waals surface area (Å²) in [5.74, 6) is -0.0419. The van der Waals surface area contributed by atoms with Gasteiger partial charge in [0.25, 0.3) is 0 Å². The predicted octanol–water partition coefficient (Wildman–Crippen LogP) is 4.24. The second-order valence-corrected chi connectivity index (χ2v) is 5.95. The third-order valence-corrected chi connectivity index (χ3v) is 3.62. The lowest BCUT2D eigenvalue weighted by atomic mass is 9.95. The van der Waals surface area contributed by atoms with Gasteiger partial charge in [-0.15, -0.1) is 0 Å². The number of aromatic nitrogens is 3. The fourth-order valence-electron chi connectivity index (χ4n) is 2.63. The summed E-state index contributed by atoms with van der Waals surface area (Å²) in [7, 11) is 3.25. The fourth-order valence-corrected chi connectivity index (χ4v) is 2.63. The monoisotopic (exact) mass is 335 g/mol. The van der Waals surface area contributed by atoms with Gasteiger partial charge in [0.05, 0.1) is 23.0 Å². The molecule has 25 heavy (non-hydrogen) atoms. The highest BCUT2D eigenvalue weighted by atomic mass is 16.4. The topological polar surface area (TPSA) is 47.9 Å².